The molecule has 1 aromatic heterocycles. The van der Waals surface area contributed by atoms with E-state index in [-0.39, 0.29) is 6.61 Å². The average Bonchev–Trinajstić information content (AvgIpc) is 2.87. The van der Waals surface area contributed by atoms with Gasteiger partial charge in [-0.25, -0.2) is 4.98 Å². The lowest BCUT2D eigenvalue weighted by Crippen LogP contribution is -2.20. The quantitative estimate of drug-likeness (QED) is 0.825. The average molecular weight is 259 g/mol. The lowest BCUT2D eigenvalue weighted by Gasteiger charge is -2.17. The Bertz CT molecular complexity index is 481. The first-order valence-electron chi connectivity index (χ1n) is 6.62. The van der Waals surface area contributed by atoms with E-state index in [1.54, 1.807) is 12.5 Å². The summed E-state index contributed by atoms with van der Waals surface area (Å²) in [6.07, 6.45) is 4.54. The zero-order valence-electron chi connectivity index (χ0n) is 11.4. The zero-order valence-corrected chi connectivity index (χ0v) is 11.4. The van der Waals surface area contributed by atoms with Crippen molar-refractivity contribution in [2.45, 2.75) is 26.1 Å². The predicted molar refractivity (Wildman–Crippen MR) is 75.5 cm³/mol. The highest BCUT2D eigenvalue weighted by Gasteiger charge is 2.02. The van der Waals surface area contributed by atoms with Gasteiger partial charge >= 0.3 is 0 Å². The fraction of sp³-hybridized carbons (Fsp3) is 0.400. The van der Waals surface area contributed by atoms with Crippen molar-refractivity contribution < 1.29 is 5.11 Å². The van der Waals surface area contributed by atoms with Crippen LogP contribution in [0.4, 0.5) is 0 Å². The minimum Gasteiger partial charge on any atom is -0.390 e. The number of hydrogen-bond donors (Lipinski definition) is 1. The van der Waals surface area contributed by atoms with E-state index in [1.165, 1.54) is 5.56 Å². The summed E-state index contributed by atoms with van der Waals surface area (Å²) in [5.74, 6) is 0. The monoisotopic (exact) mass is 259 g/mol. The van der Waals surface area contributed by atoms with Crippen molar-refractivity contribution in [1.29, 1.82) is 0 Å². The minimum atomic E-state index is 0.0554. The smallest absolute Gasteiger partial charge is 0.0948 e. The Balaban J connectivity index is 1.74. The fourth-order valence-corrected chi connectivity index (χ4v) is 2.17. The van der Waals surface area contributed by atoms with Gasteiger partial charge < -0.3 is 14.6 Å². The van der Waals surface area contributed by atoms with Gasteiger partial charge in [0.2, 0.25) is 0 Å². The number of hydrogen-bond acceptors (Lipinski definition) is 3. The van der Waals surface area contributed by atoms with Gasteiger partial charge in [0.05, 0.1) is 24.8 Å². The summed E-state index contributed by atoms with van der Waals surface area (Å²) in [7, 11) is 2.13. The van der Waals surface area contributed by atoms with Crippen LogP contribution >= 0.6 is 0 Å². The number of nitrogens with zero attached hydrogens (tertiary/aromatic N) is 3. The molecular weight excluding hydrogens is 238 g/mol. The van der Waals surface area contributed by atoms with E-state index in [0.29, 0.717) is 0 Å². The third-order valence-corrected chi connectivity index (χ3v) is 3.19. The SMILES string of the molecule is CN(CCCn1cncc1CO)Cc1ccccc1. The van der Waals surface area contributed by atoms with Crippen molar-refractivity contribution in [2.24, 2.45) is 0 Å². The molecule has 0 aliphatic carbocycles. The maximum Gasteiger partial charge on any atom is 0.0948 e. The molecule has 4 nitrogen and oxygen atoms in total. The zero-order chi connectivity index (χ0) is 13.5. The lowest BCUT2D eigenvalue weighted by atomic mass is 10.2. The molecule has 0 atom stereocenters. The Labute approximate surface area is 114 Å². The van der Waals surface area contributed by atoms with Crippen LogP contribution in [0, 0.1) is 0 Å². The second kappa shape index (κ2) is 7.07. The molecule has 0 radical (unpaired) electrons. The second-order valence-electron chi connectivity index (χ2n) is 4.81. The topological polar surface area (TPSA) is 41.3 Å². The summed E-state index contributed by atoms with van der Waals surface area (Å²) >= 11 is 0. The molecule has 0 aliphatic heterocycles. The summed E-state index contributed by atoms with van der Waals surface area (Å²) < 4.78 is 2.01. The predicted octanol–water partition coefficient (Wildman–Crippen LogP) is 1.90. The summed E-state index contributed by atoms with van der Waals surface area (Å²) in [6.45, 7) is 2.95. The normalized spacial score (nSPS) is 11.1. The van der Waals surface area contributed by atoms with E-state index in [2.05, 4.69) is 41.2 Å². The number of imidazole rings is 1. The molecule has 102 valence electrons. The molecule has 4 heteroatoms. The highest BCUT2D eigenvalue weighted by molar-refractivity contribution is 5.14. The van der Waals surface area contributed by atoms with Gasteiger partial charge in [0, 0.05) is 13.1 Å². The first-order chi connectivity index (χ1) is 9.29. The maximum atomic E-state index is 9.14. The van der Waals surface area contributed by atoms with Gasteiger partial charge in [0.1, 0.15) is 0 Å². The second-order valence-corrected chi connectivity index (χ2v) is 4.81. The van der Waals surface area contributed by atoms with Crippen LogP contribution in [0.25, 0.3) is 0 Å². The molecule has 1 heterocycles. The van der Waals surface area contributed by atoms with E-state index in [9.17, 15) is 0 Å². The molecule has 1 N–H and O–H groups in total. The maximum absolute atomic E-state index is 9.14. The van der Waals surface area contributed by atoms with Crippen molar-refractivity contribution in [3.63, 3.8) is 0 Å². The van der Waals surface area contributed by atoms with Crippen LogP contribution in [0.3, 0.4) is 0 Å². The van der Waals surface area contributed by atoms with Crippen LogP contribution in [-0.2, 0) is 19.7 Å². The molecule has 0 aliphatic rings. The molecule has 19 heavy (non-hydrogen) atoms. The van der Waals surface area contributed by atoms with Crippen molar-refractivity contribution in [3.05, 3.63) is 54.1 Å². The van der Waals surface area contributed by atoms with Crippen LogP contribution in [0.2, 0.25) is 0 Å². The summed E-state index contributed by atoms with van der Waals surface area (Å²) in [5.41, 5.74) is 2.22. The highest BCUT2D eigenvalue weighted by atomic mass is 16.3. The fourth-order valence-electron chi connectivity index (χ4n) is 2.17. The number of aliphatic hydroxyl groups is 1. The lowest BCUT2D eigenvalue weighted by molar-refractivity contribution is 0.267. The Morgan fingerprint density at radius 3 is 2.79 bits per heavy atom. The molecule has 0 saturated heterocycles. The van der Waals surface area contributed by atoms with Crippen LogP contribution in [0.1, 0.15) is 17.7 Å². The van der Waals surface area contributed by atoms with Crippen LogP contribution < -0.4 is 0 Å². The first-order valence-corrected chi connectivity index (χ1v) is 6.62. The molecule has 2 rings (SSSR count). The third-order valence-electron chi connectivity index (χ3n) is 3.19. The largest absolute Gasteiger partial charge is 0.390 e. The molecule has 0 saturated carbocycles. The van der Waals surface area contributed by atoms with Gasteiger partial charge in [-0.05, 0) is 25.6 Å². The van der Waals surface area contributed by atoms with Gasteiger partial charge in [-0.3, -0.25) is 0 Å². The Hall–Kier alpha value is -1.65. The third kappa shape index (κ3) is 4.19. The van der Waals surface area contributed by atoms with Crippen LogP contribution in [-0.4, -0.2) is 33.1 Å². The van der Waals surface area contributed by atoms with Gasteiger partial charge in [0.15, 0.2) is 0 Å². The van der Waals surface area contributed by atoms with Gasteiger partial charge in [-0.15, -0.1) is 0 Å². The number of benzene rings is 1. The van der Waals surface area contributed by atoms with Crippen LogP contribution in [0.15, 0.2) is 42.9 Å². The Morgan fingerprint density at radius 2 is 2.05 bits per heavy atom. The minimum absolute atomic E-state index is 0.0554. The van der Waals surface area contributed by atoms with Crippen molar-refractivity contribution >= 4 is 0 Å². The molecule has 0 spiro atoms. The van der Waals surface area contributed by atoms with Crippen molar-refractivity contribution in [3.8, 4) is 0 Å². The first kappa shape index (κ1) is 13.8. The van der Waals surface area contributed by atoms with Crippen molar-refractivity contribution in [2.75, 3.05) is 13.6 Å². The van der Waals surface area contributed by atoms with Gasteiger partial charge in [-0.1, -0.05) is 30.3 Å². The van der Waals surface area contributed by atoms with E-state index in [4.69, 9.17) is 5.11 Å². The van der Waals surface area contributed by atoms with E-state index >= 15 is 0 Å². The number of aliphatic hydroxyl groups excluding tert-OH is 1. The molecule has 0 unspecified atom stereocenters. The van der Waals surface area contributed by atoms with Gasteiger partial charge in [0.25, 0.3) is 0 Å². The summed E-state index contributed by atoms with van der Waals surface area (Å²) in [6, 6.07) is 10.5. The molecule has 0 fully saturated rings. The highest BCUT2D eigenvalue weighted by Crippen LogP contribution is 2.05. The van der Waals surface area contributed by atoms with Crippen molar-refractivity contribution in [1.82, 2.24) is 14.5 Å². The molecule has 1 aromatic carbocycles. The summed E-state index contributed by atoms with van der Waals surface area (Å²) in [4.78, 5) is 6.36. The molecule has 2 aromatic rings. The number of aromatic nitrogens is 2. The summed E-state index contributed by atoms with van der Waals surface area (Å²) in [5, 5.41) is 9.14. The van der Waals surface area contributed by atoms with E-state index in [1.807, 2.05) is 10.6 Å². The molecular formula is C15H21N3O. The van der Waals surface area contributed by atoms with Crippen LogP contribution in [0.5, 0.6) is 0 Å². The van der Waals surface area contributed by atoms with E-state index < -0.39 is 0 Å². The number of rotatable bonds is 7. The number of aryl methyl sites for hydroxylation is 1. The Morgan fingerprint density at radius 1 is 1.26 bits per heavy atom. The molecule has 0 bridgehead atoms. The molecule has 0 amide bonds. The standard InChI is InChI=1S/C15H21N3O/c1-17(11-14-6-3-2-4-7-14)8-5-9-18-13-16-10-15(18)12-19/h2-4,6-7,10,13,19H,5,8-9,11-12H2,1H3. The van der Waals surface area contributed by atoms with E-state index in [0.717, 1.165) is 31.7 Å². The Kier molecular flexibility index (Phi) is 5.12. The van der Waals surface area contributed by atoms with Gasteiger partial charge in [-0.2, -0.15) is 0 Å².